The lowest BCUT2D eigenvalue weighted by Crippen LogP contribution is -2.03. The third-order valence-corrected chi connectivity index (χ3v) is 4.53. The van der Waals surface area contributed by atoms with Crippen LogP contribution >= 0.6 is 27.5 Å². The number of hydrogen-bond acceptors (Lipinski definition) is 1. The van der Waals surface area contributed by atoms with Crippen molar-refractivity contribution < 1.29 is 4.79 Å². The van der Waals surface area contributed by atoms with Gasteiger partial charge in [-0.15, -0.1) is 11.6 Å². The number of benzene rings is 2. The van der Waals surface area contributed by atoms with E-state index in [0.717, 1.165) is 32.4 Å². The molecule has 102 valence electrons. The Morgan fingerprint density at radius 2 is 2.05 bits per heavy atom. The molecular weight excluding hydrogens is 338 g/mol. The van der Waals surface area contributed by atoms with E-state index in [2.05, 4.69) is 27.3 Å². The minimum atomic E-state index is -0.205. The summed E-state index contributed by atoms with van der Waals surface area (Å²) in [5.74, 6) is 0.0445. The summed E-state index contributed by atoms with van der Waals surface area (Å²) < 4.78 is 1.05. The number of nitrogens with one attached hydrogen (secondary N) is 1. The van der Waals surface area contributed by atoms with Gasteiger partial charge in [-0.3, -0.25) is 4.79 Å². The lowest BCUT2D eigenvalue weighted by atomic mass is 9.98. The van der Waals surface area contributed by atoms with E-state index in [-0.39, 0.29) is 11.3 Å². The van der Waals surface area contributed by atoms with Crippen LogP contribution in [-0.2, 0) is 11.2 Å². The predicted molar refractivity (Wildman–Crippen MR) is 85.4 cm³/mol. The van der Waals surface area contributed by atoms with E-state index >= 15 is 0 Å². The fourth-order valence-corrected chi connectivity index (χ4v) is 3.37. The van der Waals surface area contributed by atoms with Crippen LogP contribution in [-0.4, -0.2) is 5.91 Å². The van der Waals surface area contributed by atoms with Crippen molar-refractivity contribution in [1.29, 1.82) is 0 Å². The molecule has 0 bridgehead atoms. The third kappa shape index (κ3) is 2.48. The van der Waals surface area contributed by atoms with E-state index in [1.54, 1.807) is 0 Å². The first-order chi connectivity index (χ1) is 9.54. The first-order valence-corrected chi connectivity index (χ1v) is 7.60. The van der Waals surface area contributed by atoms with Gasteiger partial charge in [-0.2, -0.15) is 0 Å². The molecule has 1 N–H and O–H groups in total. The van der Waals surface area contributed by atoms with Gasteiger partial charge in [-0.25, -0.2) is 0 Å². The molecule has 0 aromatic heterocycles. The van der Waals surface area contributed by atoms with Gasteiger partial charge in [0.25, 0.3) is 0 Å². The molecule has 1 aliphatic heterocycles. The normalized spacial score (nSPS) is 14.8. The average molecular weight is 351 g/mol. The molecular formula is C16H13BrClNO. The number of halogens is 2. The number of amides is 1. The van der Waals surface area contributed by atoms with Crippen molar-refractivity contribution in [3.8, 4) is 0 Å². The van der Waals surface area contributed by atoms with Crippen LogP contribution in [0.15, 0.2) is 40.9 Å². The van der Waals surface area contributed by atoms with Gasteiger partial charge >= 0.3 is 0 Å². The quantitative estimate of drug-likeness (QED) is 0.789. The minimum absolute atomic E-state index is 0.0445. The minimum Gasteiger partial charge on any atom is -0.326 e. The summed E-state index contributed by atoms with van der Waals surface area (Å²) in [7, 11) is 0. The number of carbonyl (C=O) groups excluding carboxylic acids is 1. The molecule has 0 saturated heterocycles. The van der Waals surface area contributed by atoms with Gasteiger partial charge in [-0.1, -0.05) is 34.1 Å². The van der Waals surface area contributed by atoms with Crippen molar-refractivity contribution in [1.82, 2.24) is 0 Å². The maximum atomic E-state index is 11.4. The maximum Gasteiger partial charge on any atom is 0.228 e. The number of fused-ring (bicyclic) bond motifs is 1. The average Bonchev–Trinajstić information content (AvgIpc) is 2.77. The molecule has 1 aliphatic rings. The smallest absolute Gasteiger partial charge is 0.228 e. The molecule has 20 heavy (non-hydrogen) atoms. The van der Waals surface area contributed by atoms with E-state index in [4.69, 9.17) is 11.6 Å². The summed E-state index contributed by atoms with van der Waals surface area (Å²) >= 11 is 10.1. The zero-order chi connectivity index (χ0) is 14.3. The molecule has 4 heteroatoms. The van der Waals surface area contributed by atoms with Crippen LogP contribution in [0, 0.1) is 6.92 Å². The summed E-state index contributed by atoms with van der Waals surface area (Å²) in [5, 5.41) is 2.63. The highest BCUT2D eigenvalue weighted by Crippen LogP contribution is 2.35. The first kappa shape index (κ1) is 13.7. The van der Waals surface area contributed by atoms with E-state index in [0.29, 0.717) is 6.42 Å². The van der Waals surface area contributed by atoms with Crippen LogP contribution in [0.2, 0.25) is 0 Å². The molecule has 3 rings (SSSR count). The fourth-order valence-electron chi connectivity index (χ4n) is 2.51. The molecule has 0 radical (unpaired) electrons. The van der Waals surface area contributed by atoms with Gasteiger partial charge in [0.1, 0.15) is 0 Å². The Morgan fingerprint density at radius 1 is 1.25 bits per heavy atom. The summed E-state index contributed by atoms with van der Waals surface area (Å²) in [4.78, 5) is 11.4. The molecule has 2 aromatic carbocycles. The highest BCUT2D eigenvalue weighted by Gasteiger charge is 2.20. The summed E-state index contributed by atoms with van der Waals surface area (Å²) in [5.41, 5.74) is 5.18. The molecule has 0 spiro atoms. The van der Waals surface area contributed by atoms with E-state index in [9.17, 15) is 4.79 Å². The number of anilines is 1. The summed E-state index contributed by atoms with van der Waals surface area (Å²) in [6, 6.07) is 12.0. The molecule has 1 amide bonds. The standard InChI is InChI=1S/C16H13BrClNO/c1-9-6-12(17)3-4-13(9)16(18)10-2-5-14-11(7-10)8-15(20)19-14/h2-7,16H,8H2,1H3,(H,19,20). The van der Waals surface area contributed by atoms with Crippen LogP contribution in [0.4, 0.5) is 5.69 Å². The largest absolute Gasteiger partial charge is 0.326 e. The number of carbonyl (C=O) groups is 1. The summed E-state index contributed by atoms with van der Waals surface area (Å²) in [6.07, 6.45) is 0.437. The monoisotopic (exact) mass is 349 g/mol. The van der Waals surface area contributed by atoms with E-state index in [1.807, 2.05) is 37.3 Å². The lowest BCUT2D eigenvalue weighted by molar-refractivity contribution is -0.115. The SMILES string of the molecule is Cc1cc(Br)ccc1C(Cl)c1ccc2c(c1)CC(=O)N2. The van der Waals surface area contributed by atoms with Crippen molar-refractivity contribution >= 4 is 39.1 Å². The van der Waals surface area contributed by atoms with Crippen LogP contribution in [0.1, 0.15) is 27.6 Å². The Bertz CT molecular complexity index is 699. The van der Waals surface area contributed by atoms with Gasteiger partial charge in [0, 0.05) is 10.2 Å². The first-order valence-electron chi connectivity index (χ1n) is 6.37. The molecule has 1 unspecified atom stereocenters. The Balaban J connectivity index is 1.97. The predicted octanol–water partition coefficient (Wildman–Crippen LogP) is 4.58. The van der Waals surface area contributed by atoms with Gasteiger partial charge in [0.05, 0.1) is 11.8 Å². The number of aryl methyl sites for hydroxylation is 1. The van der Waals surface area contributed by atoms with E-state index in [1.165, 1.54) is 0 Å². The van der Waals surface area contributed by atoms with Gasteiger partial charge in [0.15, 0.2) is 0 Å². The molecule has 0 fully saturated rings. The molecule has 1 heterocycles. The van der Waals surface area contributed by atoms with Crippen LogP contribution in [0.3, 0.4) is 0 Å². The fraction of sp³-hybridized carbons (Fsp3) is 0.188. The Morgan fingerprint density at radius 3 is 2.80 bits per heavy atom. The second-order valence-corrected chi connectivity index (χ2v) is 6.36. The van der Waals surface area contributed by atoms with Gasteiger partial charge in [0.2, 0.25) is 5.91 Å². The number of hydrogen-bond donors (Lipinski definition) is 1. The Kier molecular flexibility index (Phi) is 3.57. The Hall–Kier alpha value is -1.32. The maximum absolute atomic E-state index is 11.4. The molecule has 1 atom stereocenters. The van der Waals surface area contributed by atoms with Crippen molar-refractivity contribution in [2.45, 2.75) is 18.7 Å². The zero-order valence-corrected chi connectivity index (χ0v) is 13.3. The van der Waals surface area contributed by atoms with Crippen LogP contribution in [0.25, 0.3) is 0 Å². The van der Waals surface area contributed by atoms with Crippen molar-refractivity contribution in [2.24, 2.45) is 0 Å². The number of rotatable bonds is 2. The second kappa shape index (κ2) is 5.23. The second-order valence-electron chi connectivity index (χ2n) is 5.01. The topological polar surface area (TPSA) is 29.1 Å². The van der Waals surface area contributed by atoms with Gasteiger partial charge < -0.3 is 5.32 Å². The molecule has 2 nitrogen and oxygen atoms in total. The van der Waals surface area contributed by atoms with Crippen molar-refractivity contribution in [3.63, 3.8) is 0 Å². The van der Waals surface area contributed by atoms with Crippen LogP contribution in [0.5, 0.6) is 0 Å². The van der Waals surface area contributed by atoms with Crippen molar-refractivity contribution in [3.05, 3.63) is 63.1 Å². The molecule has 2 aromatic rings. The lowest BCUT2D eigenvalue weighted by Gasteiger charge is -2.14. The third-order valence-electron chi connectivity index (χ3n) is 3.55. The molecule has 0 saturated carbocycles. The molecule has 0 aliphatic carbocycles. The zero-order valence-electron chi connectivity index (χ0n) is 10.9. The van der Waals surface area contributed by atoms with Gasteiger partial charge in [-0.05, 0) is 47.4 Å². The highest BCUT2D eigenvalue weighted by molar-refractivity contribution is 9.10. The van der Waals surface area contributed by atoms with Crippen LogP contribution < -0.4 is 5.32 Å². The van der Waals surface area contributed by atoms with Crippen molar-refractivity contribution in [2.75, 3.05) is 5.32 Å². The highest BCUT2D eigenvalue weighted by atomic mass is 79.9. The number of alkyl halides is 1. The Labute approximate surface area is 131 Å². The summed E-state index contributed by atoms with van der Waals surface area (Å²) in [6.45, 7) is 2.05. The van der Waals surface area contributed by atoms with E-state index < -0.39 is 0 Å².